The number of aromatic nitrogens is 4. The number of hydrogen-bond acceptors (Lipinski definition) is 4. The molecule has 1 fully saturated rings. The Hall–Kier alpha value is -1.43. The summed E-state index contributed by atoms with van der Waals surface area (Å²) < 4.78 is 2.02. The third-order valence-electron chi connectivity index (χ3n) is 6.02. The van der Waals surface area contributed by atoms with E-state index in [0.717, 1.165) is 24.2 Å². The van der Waals surface area contributed by atoms with E-state index in [9.17, 15) is 0 Å². The number of hydrogen-bond donors (Lipinski definition) is 0. The highest BCUT2D eigenvalue weighted by Gasteiger charge is 2.42. The Labute approximate surface area is 184 Å². The first-order chi connectivity index (χ1) is 13.6. The highest BCUT2D eigenvalue weighted by atomic mass is 35.5. The molecule has 5 nitrogen and oxygen atoms in total. The van der Waals surface area contributed by atoms with Crippen LogP contribution in [0.25, 0.3) is 6.08 Å². The Bertz CT molecular complexity index is 860. The molecule has 3 rings (SSSR count). The van der Waals surface area contributed by atoms with Gasteiger partial charge in [-0.3, -0.25) is 4.90 Å². The maximum absolute atomic E-state index is 6.38. The third kappa shape index (κ3) is 4.68. The van der Waals surface area contributed by atoms with Crippen molar-refractivity contribution in [3.63, 3.8) is 0 Å². The van der Waals surface area contributed by atoms with Crippen LogP contribution in [-0.2, 0) is 5.54 Å². The second kappa shape index (κ2) is 8.75. The average Bonchev–Trinajstić information content (AvgIpc) is 3.12. The van der Waals surface area contributed by atoms with E-state index in [2.05, 4.69) is 61.4 Å². The number of benzene rings is 1. The highest BCUT2D eigenvalue weighted by Crippen LogP contribution is 2.42. The van der Waals surface area contributed by atoms with Gasteiger partial charge >= 0.3 is 0 Å². The summed E-state index contributed by atoms with van der Waals surface area (Å²) in [6.07, 6.45) is 10.0. The Morgan fingerprint density at radius 1 is 1.14 bits per heavy atom. The van der Waals surface area contributed by atoms with E-state index in [4.69, 9.17) is 23.2 Å². The van der Waals surface area contributed by atoms with Gasteiger partial charge in [-0.2, -0.15) is 0 Å². The summed E-state index contributed by atoms with van der Waals surface area (Å²) in [5, 5.41) is 14.4. The van der Waals surface area contributed by atoms with Crippen molar-refractivity contribution in [2.45, 2.75) is 64.5 Å². The van der Waals surface area contributed by atoms with Crippen LogP contribution in [0, 0.1) is 5.41 Å². The minimum atomic E-state index is -0.128. The van der Waals surface area contributed by atoms with Crippen molar-refractivity contribution in [3.8, 4) is 0 Å². The lowest BCUT2D eigenvalue weighted by Gasteiger charge is -2.43. The highest BCUT2D eigenvalue weighted by molar-refractivity contribution is 6.35. The van der Waals surface area contributed by atoms with Gasteiger partial charge in [0.1, 0.15) is 0 Å². The van der Waals surface area contributed by atoms with Crippen molar-refractivity contribution in [2.24, 2.45) is 5.41 Å². The molecule has 0 unspecified atom stereocenters. The van der Waals surface area contributed by atoms with Crippen LogP contribution in [-0.4, -0.2) is 39.2 Å². The van der Waals surface area contributed by atoms with Gasteiger partial charge in [-0.25, -0.2) is 4.68 Å². The lowest BCUT2D eigenvalue weighted by Crippen LogP contribution is -2.46. The molecule has 1 aliphatic carbocycles. The van der Waals surface area contributed by atoms with E-state index in [1.54, 1.807) is 6.07 Å². The van der Waals surface area contributed by atoms with E-state index in [-0.39, 0.29) is 17.0 Å². The van der Waals surface area contributed by atoms with Crippen molar-refractivity contribution < 1.29 is 0 Å². The number of nitrogens with zero attached hydrogens (tertiary/aromatic N) is 5. The first kappa shape index (κ1) is 22.3. The van der Waals surface area contributed by atoms with E-state index in [0.29, 0.717) is 10.0 Å². The maximum atomic E-state index is 6.38. The molecule has 158 valence electrons. The minimum absolute atomic E-state index is 0.0157. The second-order valence-electron chi connectivity index (χ2n) is 9.27. The number of halogens is 2. The van der Waals surface area contributed by atoms with Gasteiger partial charge in [0, 0.05) is 10.0 Å². The van der Waals surface area contributed by atoms with Crippen molar-refractivity contribution in [3.05, 3.63) is 45.7 Å². The Kier molecular flexibility index (Phi) is 6.71. The molecule has 1 aromatic carbocycles. The summed E-state index contributed by atoms with van der Waals surface area (Å²) in [5.74, 6) is 0.953. The van der Waals surface area contributed by atoms with E-state index in [1.807, 2.05) is 22.9 Å². The number of rotatable bonds is 5. The van der Waals surface area contributed by atoms with Gasteiger partial charge in [-0.05, 0) is 60.5 Å². The molecular formula is C22H31Cl2N5. The molecule has 0 N–H and O–H groups in total. The molecule has 0 radical (unpaired) electrons. The first-order valence-electron chi connectivity index (χ1n) is 10.2. The summed E-state index contributed by atoms with van der Waals surface area (Å²) in [6.45, 7) is 6.63. The molecule has 1 heterocycles. The van der Waals surface area contributed by atoms with Crippen molar-refractivity contribution in [1.82, 2.24) is 25.1 Å². The molecule has 0 saturated heterocycles. The fourth-order valence-electron chi connectivity index (χ4n) is 4.26. The normalized spacial score (nSPS) is 18.5. The fourth-order valence-corrected chi connectivity index (χ4v) is 4.73. The van der Waals surface area contributed by atoms with Crippen LogP contribution < -0.4 is 0 Å². The molecule has 29 heavy (non-hydrogen) atoms. The van der Waals surface area contributed by atoms with Crippen LogP contribution in [0.2, 0.25) is 10.0 Å². The van der Waals surface area contributed by atoms with Crippen LogP contribution in [0.15, 0.2) is 24.3 Å². The molecule has 7 heteroatoms. The van der Waals surface area contributed by atoms with Crippen molar-refractivity contribution in [2.75, 3.05) is 14.1 Å². The number of tetrazole rings is 1. The molecule has 0 bridgehead atoms. The fraction of sp³-hybridized carbons (Fsp3) is 0.591. The van der Waals surface area contributed by atoms with Gasteiger partial charge in [0.2, 0.25) is 0 Å². The largest absolute Gasteiger partial charge is 0.297 e. The zero-order valence-corrected chi connectivity index (χ0v) is 19.5. The smallest absolute Gasteiger partial charge is 0.172 e. The van der Waals surface area contributed by atoms with Gasteiger partial charge in [-0.1, -0.05) is 81.5 Å². The van der Waals surface area contributed by atoms with Crippen LogP contribution in [0.4, 0.5) is 0 Å². The van der Waals surface area contributed by atoms with Crippen LogP contribution >= 0.6 is 23.2 Å². The third-order valence-corrected chi connectivity index (χ3v) is 6.58. The summed E-state index contributed by atoms with van der Waals surface area (Å²) in [7, 11) is 4.28. The van der Waals surface area contributed by atoms with Gasteiger partial charge in [0.05, 0.1) is 11.6 Å². The molecule has 0 aliphatic heterocycles. The summed E-state index contributed by atoms with van der Waals surface area (Å²) >= 11 is 12.4. The quantitative estimate of drug-likeness (QED) is 0.577. The molecular weight excluding hydrogens is 405 g/mol. The molecule has 1 aliphatic rings. The van der Waals surface area contributed by atoms with E-state index < -0.39 is 0 Å². The second-order valence-corrected chi connectivity index (χ2v) is 10.1. The molecule has 1 aromatic heterocycles. The first-order valence-corrected chi connectivity index (χ1v) is 11.0. The van der Waals surface area contributed by atoms with Crippen LogP contribution in [0.1, 0.15) is 70.3 Å². The van der Waals surface area contributed by atoms with Crippen LogP contribution in [0.5, 0.6) is 0 Å². The average molecular weight is 436 g/mol. The summed E-state index contributed by atoms with van der Waals surface area (Å²) in [6, 6.07) is 5.53. The van der Waals surface area contributed by atoms with Crippen molar-refractivity contribution >= 4 is 29.3 Å². The Morgan fingerprint density at radius 2 is 1.83 bits per heavy atom. The maximum Gasteiger partial charge on any atom is 0.172 e. The standard InChI is InChI=1S/C22H31Cl2N5/c1-21(2,3)19(12-10-16-9-11-17(23)15-18(16)24)29-20(25-26-27-29)22(28(4)5)13-7-6-8-14-22/h9-12,15,19H,6-8,13-14H2,1-5H3/t19-/m1/s1. The van der Waals surface area contributed by atoms with Crippen LogP contribution in [0.3, 0.4) is 0 Å². The minimum Gasteiger partial charge on any atom is -0.297 e. The molecule has 0 amide bonds. The topological polar surface area (TPSA) is 46.8 Å². The predicted molar refractivity (Wildman–Crippen MR) is 120 cm³/mol. The van der Waals surface area contributed by atoms with Crippen molar-refractivity contribution in [1.29, 1.82) is 0 Å². The summed E-state index contributed by atoms with van der Waals surface area (Å²) in [4.78, 5) is 2.30. The lowest BCUT2D eigenvalue weighted by atomic mass is 9.79. The lowest BCUT2D eigenvalue weighted by molar-refractivity contribution is 0.0783. The van der Waals surface area contributed by atoms with Gasteiger partial charge in [-0.15, -0.1) is 5.10 Å². The SMILES string of the molecule is CN(C)C1(c2nnnn2[C@H](C=Cc2ccc(Cl)cc2Cl)C(C)(C)C)CCCCC1. The molecule has 2 aromatic rings. The van der Waals surface area contributed by atoms with E-state index >= 15 is 0 Å². The Morgan fingerprint density at radius 3 is 2.41 bits per heavy atom. The predicted octanol–water partition coefficient (Wildman–Crippen LogP) is 6.00. The molecule has 1 atom stereocenters. The summed E-state index contributed by atoms with van der Waals surface area (Å²) in [5.41, 5.74) is 0.721. The zero-order valence-electron chi connectivity index (χ0n) is 18.0. The monoisotopic (exact) mass is 435 g/mol. The zero-order chi connectivity index (χ0) is 21.2. The van der Waals surface area contributed by atoms with Gasteiger partial charge < -0.3 is 0 Å². The molecule has 0 spiro atoms. The number of allylic oxidation sites excluding steroid dienone is 1. The van der Waals surface area contributed by atoms with Gasteiger partial charge in [0.25, 0.3) is 0 Å². The van der Waals surface area contributed by atoms with E-state index in [1.165, 1.54) is 19.3 Å². The molecule has 1 saturated carbocycles. The Balaban J connectivity index is 2.03. The van der Waals surface area contributed by atoms with Gasteiger partial charge in [0.15, 0.2) is 5.82 Å².